The van der Waals surface area contributed by atoms with Crippen LogP contribution in [0.2, 0.25) is 0 Å². The average Bonchev–Trinajstić information content (AvgIpc) is 2.15. The normalized spacial score (nSPS) is 27.6. The van der Waals surface area contributed by atoms with E-state index >= 15 is 0 Å². The zero-order valence-corrected chi connectivity index (χ0v) is 7.39. The van der Waals surface area contributed by atoms with Gasteiger partial charge in [0.25, 0.3) is 0 Å². The fraction of sp³-hybridized carbons (Fsp3) is 0.833. The molecule has 1 atom stereocenters. The molecule has 0 aliphatic carbocycles. The van der Waals surface area contributed by atoms with E-state index in [-0.39, 0.29) is 0 Å². The van der Waals surface area contributed by atoms with Crippen molar-refractivity contribution < 1.29 is 0 Å². The van der Waals surface area contributed by atoms with E-state index in [1.807, 2.05) is 0 Å². The Labute approximate surface area is 65.8 Å². The highest BCUT2D eigenvalue weighted by Gasteiger charge is 2.23. The number of rotatable bonds is 1. The molecule has 9 heavy (non-hydrogen) atoms. The van der Waals surface area contributed by atoms with Gasteiger partial charge in [0.1, 0.15) is 4.32 Å². The van der Waals surface area contributed by atoms with Gasteiger partial charge in [-0.2, -0.15) is 0 Å². The molecular formula is C6H11NS2. The minimum atomic E-state index is 0.697. The summed E-state index contributed by atoms with van der Waals surface area (Å²) >= 11 is 6.87. The van der Waals surface area contributed by atoms with Crippen LogP contribution in [-0.4, -0.2) is 28.1 Å². The van der Waals surface area contributed by atoms with Crippen molar-refractivity contribution in [1.29, 1.82) is 0 Å². The molecule has 1 unspecified atom stereocenters. The fourth-order valence-electron chi connectivity index (χ4n) is 0.922. The van der Waals surface area contributed by atoms with Crippen molar-refractivity contribution in [2.45, 2.75) is 19.4 Å². The van der Waals surface area contributed by atoms with Crippen LogP contribution in [0.25, 0.3) is 0 Å². The highest BCUT2D eigenvalue weighted by molar-refractivity contribution is 8.23. The van der Waals surface area contributed by atoms with Crippen molar-refractivity contribution in [2.24, 2.45) is 0 Å². The highest BCUT2D eigenvalue weighted by atomic mass is 32.2. The zero-order chi connectivity index (χ0) is 6.85. The van der Waals surface area contributed by atoms with E-state index in [0.29, 0.717) is 6.04 Å². The van der Waals surface area contributed by atoms with E-state index < -0.39 is 0 Å². The molecule has 0 amide bonds. The van der Waals surface area contributed by atoms with Crippen LogP contribution in [0.1, 0.15) is 13.3 Å². The molecule has 52 valence electrons. The number of nitrogens with zero attached hydrogens (tertiary/aromatic N) is 1. The lowest BCUT2D eigenvalue weighted by Crippen LogP contribution is -2.27. The molecule has 0 saturated carbocycles. The molecule has 0 aromatic heterocycles. The number of hydrogen-bond donors (Lipinski definition) is 0. The van der Waals surface area contributed by atoms with Crippen molar-refractivity contribution in [1.82, 2.24) is 4.90 Å². The van der Waals surface area contributed by atoms with E-state index in [1.165, 1.54) is 12.2 Å². The zero-order valence-electron chi connectivity index (χ0n) is 5.76. The van der Waals surface area contributed by atoms with Crippen LogP contribution < -0.4 is 0 Å². The maximum atomic E-state index is 5.07. The van der Waals surface area contributed by atoms with Crippen LogP contribution in [0.5, 0.6) is 0 Å². The third kappa shape index (κ3) is 1.38. The maximum absolute atomic E-state index is 5.07. The fourth-order valence-corrected chi connectivity index (χ4v) is 2.42. The third-order valence-corrected chi connectivity index (χ3v) is 3.43. The number of thiocarbonyl (C=S) groups is 1. The molecule has 1 rings (SSSR count). The summed E-state index contributed by atoms with van der Waals surface area (Å²) in [6.45, 7) is 2.20. The van der Waals surface area contributed by atoms with Crippen LogP contribution in [0.3, 0.4) is 0 Å². The molecule has 0 aromatic rings. The van der Waals surface area contributed by atoms with E-state index in [4.69, 9.17) is 12.2 Å². The first-order chi connectivity index (χ1) is 4.25. The summed E-state index contributed by atoms with van der Waals surface area (Å²) in [6.07, 6.45) is 1.21. The van der Waals surface area contributed by atoms with Crippen molar-refractivity contribution in [3.63, 3.8) is 0 Å². The van der Waals surface area contributed by atoms with Gasteiger partial charge < -0.3 is 4.90 Å². The van der Waals surface area contributed by atoms with Gasteiger partial charge in [-0.25, -0.2) is 0 Å². The van der Waals surface area contributed by atoms with Gasteiger partial charge in [-0.1, -0.05) is 30.9 Å². The van der Waals surface area contributed by atoms with Crippen LogP contribution in [0.4, 0.5) is 0 Å². The Morgan fingerprint density at radius 3 is 2.78 bits per heavy atom. The average molecular weight is 161 g/mol. The molecule has 0 spiro atoms. The van der Waals surface area contributed by atoms with Gasteiger partial charge in [-0.05, 0) is 6.42 Å². The van der Waals surface area contributed by atoms with Crippen LogP contribution in [0, 0.1) is 0 Å². The van der Waals surface area contributed by atoms with Gasteiger partial charge in [-0.15, -0.1) is 0 Å². The van der Waals surface area contributed by atoms with Gasteiger partial charge in [0.2, 0.25) is 0 Å². The van der Waals surface area contributed by atoms with Crippen molar-refractivity contribution in [2.75, 3.05) is 12.8 Å². The van der Waals surface area contributed by atoms with E-state index in [9.17, 15) is 0 Å². The summed E-state index contributed by atoms with van der Waals surface area (Å²) in [6, 6.07) is 0.697. The van der Waals surface area contributed by atoms with Gasteiger partial charge in [0.05, 0.1) is 0 Å². The standard InChI is InChI=1S/C6H11NS2/c1-3-5-4-9-6(8)7(5)2/h5H,3-4H2,1-2H3. The number of thioether (sulfide) groups is 1. The lowest BCUT2D eigenvalue weighted by atomic mass is 10.2. The predicted octanol–water partition coefficient (Wildman–Crippen LogP) is 1.73. The van der Waals surface area contributed by atoms with E-state index in [0.717, 1.165) is 4.32 Å². The number of hydrogen-bond acceptors (Lipinski definition) is 2. The Morgan fingerprint density at radius 2 is 2.56 bits per heavy atom. The molecule has 0 radical (unpaired) electrons. The summed E-state index contributed by atoms with van der Waals surface area (Å²) in [5.74, 6) is 1.19. The molecular weight excluding hydrogens is 150 g/mol. The Bertz CT molecular complexity index is 124. The molecule has 1 fully saturated rings. The van der Waals surface area contributed by atoms with E-state index in [1.54, 1.807) is 11.8 Å². The smallest absolute Gasteiger partial charge is 0.136 e. The minimum Gasteiger partial charge on any atom is -0.357 e. The van der Waals surface area contributed by atoms with Crippen LogP contribution in [-0.2, 0) is 0 Å². The Balaban J connectivity index is 2.51. The Morgan fingerprint density at radius 1 is 1.89 bits per heavy atom. The van der Waals surface area contributed by atoms with Gasteiger partial charge in [0.15, 0.2) is 0 Å². The Kier molecular flexibility index (Phi) is 2.35. The SMILES string of the molecule is CCC1CSC(=S)N1C. The second kappa shape index (κ2) is 2.88. The molecule has 1 heterocycles. The summed E-state index contributed by atoms with van der Waals surface area (Å²) in [4.78, 5) is 2.19. The van der Waals surface area contributed by atoms with Crippen molar-refractivity contribution in [3.8, 4) is 0 Å². The predicted molar refractivity (Wildman–Crippen MR) is 46.9 cm³/mol. The summed E-state index contributed by atoms with van der Waals surface area (Å²) in [7, 11) is 2.08. The van der Waals surface area contributed by atoms with E-state index in [2.05, 4.69) is 18.9 Å². The largest absolute Gasteiger partial charge is 0.357 e. The topological polar surface area (TPSA) is 3.24 Å². The lowest BCUT2D eigenvalue weighted by molar-refractivity contribution is 0.409. The third-order valence-electron chi connectivity index (χ3n) is 1.71. The summed E-state index contributed by atoms with van der Waals surface area (Å²) < 4.78 is 1.06. The summed E-state index contributed by atoms with van der Waals surface area (Å²) in [5, 5.41) is 0. The molecule has 0 bridgehead atoms. The lowest BCUT2D eigenvalue weighted by Gasteiger charge is -2.17. The van der Waals surface area contributed by atoms with Crippen LogP contribution in [0.15, 0.2) is 0 Å². The van der Waals surface area contributed by atoms with Crippen LogP contribution >= 0.6 is 24.0 Å². The Hall–Kier alpha value is 0.240. The van der Waals surface area contributed by atoms with Crippen molar-refractivity contribution in [3.05, 3.63) is 0 Å². The highest BCUT2D eigenvalue weighted by Crippen LogP contribution is 2.23. The second-order valence-corrected chi connectivity index (χ2v) is 3.90. The maximum Gasteiger partial charge on any atom is 0.136 e. The quantitative estimate of drug-likeness (QED) is 0.539. The molecule has 1 aliphatic heterocycles. The van der Waals surface area contributed by atoms with Crippen molar-refractivity contribution >= 4 is 28.3 Å². The van der Waals surface area contributed by atoms with Gasteiger partial charge >= 0.3 is 0 Å². The monoisotopic (exact) mass is 161 g/mol. The minimum absolute atomic E-state index is 0.697. The first-order valence-corrected chi connectivity index (χ1v) is 4.54. The summed E-state index contributed by atoms with van der Waals surface area (Å²) in [5.41, 5.74) is 0. The van der Waals surface area contributed by atoms with Gasteiger partial charge in [0, 0.05) is 18.8 Å². The molecule has 1 saturated heterocycles. The first kappa shape index (κ1) is 7.35. The second-order valence-electron chi connectivity index (χ2n) is 2.25. The molecule has 0 aromatic carbocycles. The molecule has 3 heteroatoms. The molecule has 0 N–H and O–H groups in total. The first-order valence-electron chi connectivity index (χ1n) is 3.15. The van der Waals surface area contributed by atoms with Gasteiger partial charge in [-0.3, -0.25) is 0 Å². The molecule has 1 nitrogen and oxygen atoms in total. The molecule has 1 aliphatic rings.